The van der Waals surface area contributed by atoms with Crippen LogP contribution >= 0.6 is 0 Å². The molecule has 0 bridgehead atoms. The van der Waals surface area contributed by atoms with Gasteiger partial charge in [0.25, 0.3) is 0 Å². The SMILES string of the molecule is COc1ccc2ncc(F)c(CCCN3CCN(C/C=C\c4ccc(F)c(F)c4)C[C@@H]3C(=O)O)c2c1. The van der Waals surface area contributed by atoms with E-state index in [2.05, 4.69) is 4.98 Å². The van der Waals surface area contributed by atoms with Crippen LogP contribution in [0.3, 0.4) is 0 Å². The van der Waals surface area contributed by atoms with E-state index < -0.39 is 23.6 Å². The van der Waals surface area contributed by atoms with Crippen LogP contribution in [0.15, 0.2) is 48.7 Å². The lowest BCUT2D eigenvalue weighted by Gasteiger charge is -2.39. The van der Waals surface area contributed by atoms with Crippen LogP contribution in [0, 0.1) is 17.5 Å². The number of ether oxygens (including phenoxy) is 1. The molecule has 0 spiro atoms. The lowest BCUT2D eigenvalue weighted by Crippen LogP contribution is -2.56. The molecule has 6 nitrogen and oxygen atoms in total. The van der Waals surface area contributed by atoms with Gasteiger partial charge in [-0.05, 0) is 60.8 Å². The molecule has 0 aliphatic carbocycles. The molecule has 2 aromatic carbocycles. The molecule has 1 saturated heterocycles. The van der Waals surface area contributed by atoms with Gasteiger partial charge in [0, 0.05) is 31.6 Å². The minimum Gasteiger partial charge on any atom is -0.497 e. The first kappa shape index (κ1) is 25.7. The lowest BCUT2D eigenvalue weighted by atomic mass is 10.0. The highest BCUT2D eigenvalue weighted by Crippen LogP contribution is 2.26. The van der Waals surface area contributed by atoms with Gasteiger partial charge in [-0.25, -0.2) is 13.2 Å². The maximum absolute atomic E-state index is 14.6. The number of nitrogens with zero attached hydrogens (tertiary/aromatic N) is 3. The molecule has 1 aliphatic rings. The molecule has 2 heterocycles. The molecule has 3 aromatic rings. The predicted octanol–water partition coefficient (Wildman–Crippen LogP) is 4.38. The summed E-state index contributed by atoms with van der Waals surface area (Å²) in [6, 6.07) is 8.33. The van der Waals surface area contributed by atoms with Gasteiger partial charge >= 0.3 is 5.97 Å². The van der Waals surface area contributed by atoms with Crippen LogP contribution in [0.5, 0.6) is 5.75 Å². The number of rotatable bonds is 9. The fourth-order valence-electron chi connectivity index (χ4n) is 4.54. The minimum absolute atomic E-state index is 0.335. The number of aryl methyl sites for hydroxylation is 1. The Morgan fingerprint density at radius 3 is 2.72 bits per heavy atom. The molecular formula is C27H28F3N3O3. The molecule has 1 fully saturated rings. The van der Waals surface area contributed by atoms with E-state index in [0.29, 0.717) is 73.3 Å². The Bertz CT molecular complexity index is 1270. The fourth-order valence-corrected chi connectivity index (χ4v) is 4.54. The largest absolute Gasteiger partial charge is 0.497 e. The molecule has 190 valence electrons. The summed E-state index contributed by atoms with van der Waals surface area (Å²) in [6.45, 7) is 2.57. The van der Waals surface area contributed by atoms with E-state index in [4.69, 9.17) is 4.74 Å². The normalized spacial score (nSPS) is 17.2. The van der Waals surface area contributed by atoms with Gasteiger partial charge in [0.15, 0.2) is 11.6 Å². The summed E-state index contributed by atoms with van der Waals surface area (Å²) < 4.78 is 46.3. The lowest BCUT2D eigenvalue weighted by molar-refractivity contribution is -0.145. The smallest absolute Gasteiger partial charge is 0.322 e. The molecule has 1 atom stereocenters. The molecular weight excluding hydrogens is 471 g/mol. The number of aliphatic carboxylic acids is 1. The zero-order chi connectivity index (χ0) is 25.7. The average molecular weight is 500 g/mol. The number of carboxylic acids is 1. The van der Waals surface area contributed by atoms with Crippen molar-refractivity contribution >= 4 is 22.9 Å². The van der Waals surface area contributed by atoms with Crippen LogP contribution in [0.4, 0.5) is 13.2 Å². The second-order valence-electron chi connectivity index (χ2n) is 8.80. The first-order chi connectivity index (χ1) is 17.4. The Morgan fingerprint density at radius 1 is 1.14 bits per heavy atom. The number of hydrogen-bond acceptors (Lipinski definition) is 5. The number of benzene rings is 2. The van der Waals surface area contributed by atoms with Gasteiger partial charge in [0.2, 0.25) is 0 Å². The Labute approximate surface area is 207 Å². The molecule has 0 saturated carbocycles. The first-order valence-corrected chi connectivity index (χ1v) is 11.8. The third kappa shape index (κ3) is 6.03. The van der Waals surface area contributed by atoms with Crippen molar-refractivity contribution < 1.29 is 27.8 Å². The van der Waals surface area contributed by atoms with Crippen molar-refractivity contribution in [2.24, 2.45) is 0 Å². The Hall–Kier alpha value is -3.43. The van der Waals surface area contributed by atoms with Crippen molar-refractivity contribution in [2.75, 3.05) is 39.8 Å². The Balaban J connectivity index is 1.35. The van der Waals surface area contributed by atoms with Crippen LogP contribution in [0.25, 0.3) is 17.0 Å². The standard InChI is InChI=1S/C27H28F3N3O3/c1-36-19-7-9-25-21(15-19)20(24(30)16-31-25)5-3-11-33-13-12-32(17-26(33)27(34)35)10-2-4-18-6-8-22(28)23(29)14-18/h2,4,6-9,14-16,26H,3,5,10-13,17H2,1H3,(H,34,35)/b4-2-/t26-/m1/s1. The van der Waals surface area contributed by atoms with Crippen molar-refractivity contribution in [3.63, 3.8) is 0 Å². The number of halogens is 3. The molecule has 0 amide bonds. The van der Waals surface area contributed by atoms with E-state index in [1.54, 1.807) is 31.4 Å². The number of carbonyl (C=O) groups is 1. The number of fused-ring (bicyclic) bond motifs is 1. The molecule has 9 heteroatoms. The number of pyridine rings is 1. The summed E-state index contributed by atoms with van der Waals surface area (Å²) in [4.78, 5) is 20.0. The van der Waals surface area contributed by atoms with Gasteiger partial charge in [-0.3, -0.25) is 19.6 Å². The molecule has 1 aliphatic heterocycles. The monoisotopic (exact) mass is 499 g/mol. The maximum Gasteiger partial charge on any atom is 0.322 e. The van der Waals surface area contributed by atoms with Gasteiger partial charge in [-0.2, -0.15) is 0 Å². The van der Waals surface area contributed by atoms with Crippen LogP contribution in [-0.4, -0.2) is 71.7 Å². The second kappa shape index (κ2) is 11.5. The highest BCUT2D eigenvalue weighted by molar-refractivity contribution is 5.83. The van der Waals surface area contributed by atoms with Gasteiger partial charge in [-0.1, -0.05) is 18.2 Å². The van der Waals surface area contributed by atoms with Crippen LogP contribution < -0.4 is 4.74 Å². The molecule has 4 rings (SSSR count). The predicted molar refractivity (Wildman–Crippen MR) is 131 cm³/mol. The zero-order valence-electron chi connectivity index (χ0n) is 20.0. The van der Waals surface area contributed by atoms with E-state index in [1.807, 2.05) is 15.9 Å². The number of aromatic nitrogens is 1. The summed E-state index contributed by atoms with van der Waals surface area (Å²) in [5.41, 5.74) is 1.77. The van der Waals surface area contributed by atoms with E-state index >= 15 is 0 Å². The van der Waals surface area contributed by atoms with Gasteiger partial charge < -0.3 is 9.84 Å². The minimum atomic E-state index is -0.908. The van der Waals surface area contributed by atoms with Gasteiger partial charge in [0.1, 0.15) is 17.6 Å². The number of methoxy groups -OCH3 is 1. The summed E-state index contributed by atoms with van der Waals surface area (Å²) in [6.07, 6.45) is 5.76. The summed E-state index contributed by atoms with van der Waals surface area (Å²) >= 11 is 0. The van der Waals surface area contributed by atoms with Gasteiger partial charge in [0.05, 0.1) is 18.8 Å². The molecule has 1 N–H and O–H groups in total. The van der Waals surface area contributed by atoms with Crippen molar-refractivity contribution in [1.82, 2.24) is 14.8 Å². The number of hydrogen-bond donors (Lipinski definition) is 1. The number of carboxylic acid groups (broad SMARTS) is 1. The average Bonchev–Trinajstić information content (AvgIpc) is 2.87. The summed E-state index contributed by atoms with van der Waals surface area (Å²) in [5.74, 6) is -2.47. The molecule has 36 heavy (non-hydrogen) atoms. The third-order valence-corrected chi connectivity index (χ3v) is 6.48. The van der Waals surface area contributed by atoms with Crippen molar-refractivity contribution in [3.05, 3.63) is 77.2 Å². The third-order valence-electron chi connectivity index (χ3n) is 6.48. The van der Waals surface area contributed by atoms with Gasteiger partial charge in [-0.15, -0.1) is 0 Å². The van der Waals surface area contributed by atoms with Crippen molar-refractivity contribution in [3.8, 4) is 5.75 Å². The van der Waals surface area contributed by atoms with E-state index in [0.717, 1.165) is 12.1 Å². The van der Waals surface area contributed by atoms with E-state index in [1.165, 1.54) is 12.3 Å². The van der Waals surface area contributed by atoms with Crippen molar-refractivity contribution in [2.45, 2.75) is 18.9 Å². The summed E-state index contributed by atoms with van der Waals surface area (Å²) in [5, 5.41) is 10.5. The second-order valence-corrected chi connectivity index (χ2v) is 8.80. The first-order valence-electron chi connectivity index (χ1n) is 11.8. The van der Waals surface area contributed by atoms with E-state index in [9.17, 15) is 23.1 Å². The summed E-state index contributed by atoms with van der Waals surface area (Å²) in [7, 11) is 1.55. The fraction of sp³-hybridized carbons (Fsp3) is 0.333. The van der Waals surface area contributed by atoms with E-state index in [-0.39, 0.29) is 5.82 Å². The molecule has 0 radical (unpaired) electrons. The zero-order valence-corrected chi connectivity index (χ0v) is 20.0. The van der Waals surface area contributed by atoms with Crippen LogP contribution in [0.2, 0.25) is 0 Å². The quantitative estimate of drug-likeness (QED) is 0.472. The molecule has 1 aromatic heterocycles. The Kier molecular flexibility index (Phi) is 8.22. The van der Waals surface area contributed by atoms with Crippen LogP contribution in [-0.2, 0) is 11.2 Å². The highest BCUT2D eigenvalue weighted by atomic mass is 19.2. The topological polar surface area (TPSA) is 65.9 Å². The van der Waals surface area contributed by atoms with Crippen LogP contribution in [0.1, 0.15) is 17.5 Å². The van der Waals surface area contributed by atoms with Crippen molar-refractivity contribution in [1.29, 1.82) is 0 Å². The Morgan fingerprint density at radius 2 is 1.97 bits per heavy atom. The number of piperazine rings is 1. The maximum atomic E-state index is 14.6. The molecule has 0 unspecified atom stereocenters. The highest BCUT2D eigenvalue weighted by Gasteiger charge is 2.31.